The molecule has 60 heavy (non-hydrogen) atoms. The molecule has 10 rings (SSSR count). The SMILES string of the molecule is Nc1nc(C2CC(O)(Cc3ccccc3)CCN2C(=O)N2CCC(O)(Cc3ccccc3)CC2c2cc3nc(-c4ccco4)nn3c(N)n2)cc2nc(-c3ccco3)nn12. The fraction of sp³-hybridized carbons (Fsp3) is 0.279. The molecule has 17 nitrogen and oxygen atoms in total. The number of hydrogen-bond acceptors (Lipinski definition) is 13. The van der Waals surface area contributed by atoms with E-state index in [9.17, 15) is 10.2 Å². The predicted octanol–water partition coefficient (Wildman–Crippen LogP) is 5.29. The molecule has 2 aliphatic heterocycles. The zero-order valence-electron chi connectivity index (χ0n) is 32.4. The van der Waals surface area contributed by atoms with E-state index in [0.29, 0.717) is 71.5 Å². The molecule has 2 saturated heterocycles. The molecule has 304 valence electrons. The Balaban J connectivity index is 1.04. The smallest absolute Gasteiger partial charge is 0.321 e. The number of carbonyl (C=O) groups is 1. The van der Waals surface area contributed by atoms with Crippen LogP contribution < -0.4 is 11.5 Å². The van der Waals surface area contributed by atoms with Crippen molar-refractivity contribution in [2.24, 2.45) is 0 Å². The van der Waals surface area contributed by atoms with Gasteiger partial charge in [-0.1, -0.05) is 60.7 Å². The highest BCUT2D eigenvalue weighted by Gasteiger charge is 2.47. The highest BCUT2D eigenvalue weighted by atomic mass is 16.3. The quantitative estimate of drug-likeness (QED) is 0.153. The third-order valence-corrected chi connectivity index (χ3v) is 11.7. The van der Waals surface area contributed by atoms with Crippen LogP contribution in [0.4, 0.5) is 16.7 Å². The van der Waals surface area contributed by atoms with Crippen molar-refractivity contribution in [1.82, 2.24) is 49.0 Å². The number of fused-ring (bicyclic) bond motifs is 2. The highest BCUT2D eigenvalue weighted by Crippen LogP contribution is 2.43. The molecule has 0 saturated carbocycles. The normalized spacial score (nSPS) is 22.2. The second kappa shape index (κ2) is 14.6. The number of aromatic nitrogens is 8. The van der Waals surface area contributed by atoms with Crippen LogP contribution >= 0.6 is 0 Å². The molecule has 0 bridgehead atoms. The summed E-state index contributed by atoms with van der Waals surface area (Å²) in [4.78, 5) is 37.8. The average molecular weight is 807 g/mol. The predicted molar refractivity (Wildman–Crippen MR) is 219 cm³/mol. The summed E-state index contributed by atoms with van der Waals surface area (Å²) < 4.78 is 13.9. The minimum Gasteiger partial charge on any atom is -0.461 e. The Kier molecular flexibility index (Phi) is 9.06. The lowest BCUT2D eigenvalue weighted by atomic mass is 9.79. The third kappa shape index (κ3) is 6.96. The molecule has 0 spiro atoms. The summed E-state index contributed by atoms with van der Waals surface area (Å²) in [5.41, 5.74) is 14.4. The molecule has 2 aliphatic rings. The van der Waals surface area contributed by atoms with Gasteiger partial charge in [-0.3, -0.25) is 0 Å². The Morgan fingerprint density at radius 3 is 1.47 bits per heavy atom. The molecule has 0 radical (unpaired) electrons. The van der Waals surface area contributed by atoms with E-state index in [1.165, 1.54) is 21.6 Å². The van der Waals surface area contributed by atoms with E-state index >= 15 is 4.79 Å². The van der Waals surface area contributed by atoms with Crippen molar-refractivity contribution in [1.29, 1.82) is 0 Å². The first-order valence-corrected chi connectivity index (χ1v) is 19.8. The molecular formula is C43H42N12O5. The van der Waals surface area contributed by atoms with Crippen LogP contribution in [-0.4, -0.2) is 89.5 Å². The minimum absolute atomic E-state index is 0.0643. The third-order valence-electron chi connectivity index (χ3n) is 11.7. The van der Waals surface area contributed by atoms with Crippen LogP contribution in [0.1, 0.15) is 60.3 Å². The number of furan rings is 2. The van der Waals surface area contributed by atoms with Gasteiger partial charge >= 0.3 is 6.03 Å². The number of piperidine rings is 2. The van der Waals surface area contributed by atoms with Crippen LogP contribution in [-0.2, 0) is 12.8 Å². The van der Waals surface area contributed by atoms with Gasteiger partial charge in [0.15, 0.2) is 22.8 Å². The first-order valence-electron chi connectivity index (χ1n) is 19.8. The topological polar surface area (TPSA) is 228 Å². The van der Waals surface area contributed by atoms with Crippen LogP contribution in [0.3, 0.4) is 0 Å². The van der Waals surface area contributed by atoms with E-state index in [1.54, 1.807) is 46.2 Å². The van der Waals surface area contributed by atoms with E-state index < -0.39 is 23.3 Å². The van der Waals surface area contributed by atoms with E-state index in [2.05, 4.69) is 20.2 Å². The maximum atomic E-state index is 15.4. The van der Waals surface area contributed by atoms with Crippen molar-refractivity contribution in [2.75, 3.05) is 24.6 Å². The average Bonchev–Trinajstić information content (AvgIpc) is 4.09. The van der Waals surface area contributed by atoms with Crippen LogP contribution in [0.25, 0.3) is 34.5 Å². The van der Waals surface area contributed by atoms with Crippen LogP contribution in [0, 0.1) is 0 Å². The number of amides is 2. The van der Waals surface area contributed by atoms with E-state index in [1.807, 2.05) is 60.7 Å². The van der Waals surface area contributed by atoms with Crippen molar-refractivity contribution < 1.29 is 23.8 Å². The summed E-state index contributed by atoms with van der Waals surface area (Å²) in [5.74, 6) is 1.71. The first-order chi connectivity index (χ1) is 29.1. The second-order valence-corrected chi connectivity index (χ2v) is 15.8. The fourth-order valence-corrected chi connectivity index (χ4v) is 8.76. The van der Waals surface area contributed by atoms with Gasteiger partial charge in [0, 0.05) is 50.9 Å². The number of urea groups is 1. The molecule has 6 N–H and O–H groups in total. The number of aliphatic hydroxyl groups is 2. The number of carbonyl (C=O) groups excluding carboxylic acids is 1. The van der Waals surface area contributed by atoms with Gasteiger partial charge in [0.2, 0.25) is 23.5 Å². The van der Waals surface area contributed by atoms with Gasteiger partial charge < -0.3 is 40.3 Å². The monoisotopic (exact) mass is 806 g/mol. The number of likely N-dealkylation sites (tertiary alicyclic amines) is 2. The number of rotatable bonds is 8. The first kappa shape index (κ1) is 37.2. The van der Waals surface area contributed by atoms with Gasteiger partial charge in [0.05, 0.1) is 47.2 Å². The van der Waals surface area contributed by atoms with E-state index in [4.69, 9.17) is 30.3 Å². The lowest BCUT2D eigenvalue weighted by Crippen LogP contribution is -2.57. The van der Waals surface area contributed by atoms with Crippen LogP contribution in [0.5, 0.6) is 0 Å². The molecule has 4 atom stereocenters. The van der Waals surface area contributed by atoms with Gasteiger partial charge in [-0.25, -0.2) is 24.7 Å². The lowest BCUT2D eigenvalue weighted by molar-refractivity contribution is -0.0577. The van der Waals surface area contributed by atoms with E-state index in [0.717, 1.165) is 11.1 Å². The second-order valence-electron chi connectivity index (χ2n) is 15.8. The maximum absolute atomic E-state index is 15.4. The maximum Gasteiger partial charge on any atom is 0.321 e. The molecular weight excluding hydrogens is 765 g/mol. The largest absolute Gasteiger partial charge is 0.461 e. The molecule has 2 amide bonds. The van der Waals surface area contributed by atoms with Crippen molar-refractivity contribution in [2.45, 2.75) is 61.8 Å². The number of nitrogen functional groups attached to an aromatic ring is 2. The van der Waals surface area contributed by atoms with Crippen molar-refractivity contribution in [3.05, 3.63) is 132 Å². The number of nitrogens with zero attached hydrogens (tertiary/aromatic N) is 10. The van der Waals surface area contributed by atoms with Gasteiger partial charge in [-0.05, 0) is 48.2 Å². The summed E-state index contributed by atoms with van der Waals surface area (Å²) in [6.45, 7) is 0.402. The van der Waals surface area contributed by atoms with E-state index in [-0.39, 0.29) is 43.9 Å². The highest BCUT2D eigenvalue weighted by molar-refractivity contribution is 5.76. The fourth-order valence-electron chi connectivity index (χ4n) is 8.76. The molecule has 4 unspecified atom stereocenters. The summed E-state index contributed by atoms with van der Waals surface area (Å²) in [5, 5.41) is 33.6. The van der Waals surface area contributed by atoms with Gasteiger partial charge in [0.1, 0.15) is 0 Å². The molecule has 0 aliphatic carbocycles. The van der Waals surface area contributed by atoms with Crippen molar-refractivity contribution >= 4 is 29.2 Å². The summed E-state index contributed by atoms with van der Waals surface area (Å²) in [7, 11) is 0. The zero-order chi connectivity index (χ0) is 41.0. The summed E-state index contributed by atoms with van der Waals surface area (Å²) >= 11 is 0. The molecule has 2 aromatic carbocycles. The summed E-state index contributed by atoms with van der Waals surface area (Å²) in [6.07, 6.45) is 4.76. The number of anilines is 2. The lowest BCUT2D eigenvalue weighted by Gasteiger charge is -2.49. The number of nitrogens with two attached hydrogens (primary N) is 2. The Morgan fingerprint density at radius 2 is 1.07 bits per heavy atom. The molecule has 17 heteroatoms. The van der Waals surface area contributed by atoms with Crippen LogP contribution in [0.15, 0.2) is 118 Å². The molecule has 6 aromatic heterocycles. The minimum atomic E-state index is -1.18. The van der Waals surface area contributed by atoms with Crippen molar-refractivity contribution in [3.8, 4) is 23.2 Å². The molecule has 8 aromatic rings. The Morgan fingerprint density at radius 1 is 0.633 bits per heavy atom. The zero-order valence-corrected chi connectivity index (χ0v) is 32.4. The Hall–Kier alpha value is -7.11. The van der Waals surface area contributed by atoms with Crippen molar-refractivity contribution in [3.63, 3.8) is 0 Å². The molecule has 8 heterocycles. The Labute approximate surface area is 342 Å². The van der Waals surface area contributed by atoms with Gasteiger partial charge in [-0.15, -0.1) is 10.2 Å². The van der Waals surface area contributed by atoms with Gasteiger partial charge in [-0.2, -0.15) is 9.03 Å². The molecule has 2 fully saturated rings. The number of hydrogen-bond donors (Lipinski definition) is 4. The van der Waals surface area contributed by atoms with Gasteiger partial charge in [0.25, 0.3) is 0 Å². The summed E-state index contributed by atoms with van der Waals surface area (Å²) in [6, 6.07) is 28.3. The number of benzene rings is 2. The Bertz CT molecular complexity index is 2600. The van der Waals surface area contributed by atoms with Crippen LogP contribution in [0.2, 0.25) is 0 Å². The standard InChI is InChI=1S/C43H42N12O5/c44-39-46-29(21-35-48-37(50-54(35)39)33-13-7-19-59-33)31-25-42(57,23-27-9-3-1-4-10-27)15-17-52(31)41(56)53-18-16-43(58,24-28-11-5-2-6-12-28)26-32(53)30-22-36-49-38(34-14-8-20-60-34)51-55(36)40(45)47-30/h1-14,19-22,31-32,57-58H,15-18,23-26H2,(H2,44,46)(H2,45,47).